The molecule has 152 valence electrons. The maximum atomic E-state index is 12.8. The van der Waals surface area contributed by atoms with Gasteiger partial charge in [-0.05, 0) is 37.6 Å². The van der Waals surface area contributed by atoms with E-state index in [-0.39, 0.29) is 5.69 Å². The summed E-state index contributed by atoms with van der Waals surface area (Å²) < 4.78 is 45.0. The minimum atomic E-state index is -4.54. The van der Waals surface area contributed by atoms with Crippen LogP contribution in [0.25, 0.3) is 0 Å². The molecule has 1 aliphatic heterocycles. The first kappa shape index (κ1) is 20.3. The fourth-order valence-electron chi connectivity index (χ4n) is 3.14. The fourth-order valence-corrected chi connectivity index (χ4v) is 3.14. The fraction of sp³-hybridized carbons (Fsp3) is 0.474. The molecule has 1 atom stereocenters. The lowest BCUT2D eigenvalue weighted by Crippen LogP contribution is -2.35. The quantitative estimate of drug-likeness (QED) is 0.843. The number of carbonyl (C=O) groups is 1. The molecule has 1 aromatic carbocycles. The Morgan fingerprint density at radius 3 is 2.64 bits per heavy atom. The number of morpholine rings is 1. The van der Waals surface area contributed by atoms with Crippen LogP contribution < -0.4 is 5.32 Å². The number of nitrogens with one attached hydrogen (secondary N) is 1. The zero-order valence-electron chi connectivity index (χ0n) is 15.8. The number of amides is 1. The maximum absolute atomic E-state index is 12.8. The van der Waals surface area contributed by atoms with E-state index in [0.717, 1.165) is 35.9 Å². The normalized spacial score (nSPS) is 16.8. The standard InChI is InChI=1S/C19H23F3N4O2/c1-13-10-17(19(20,21)22)24-26(13)14(2)18(27)23-16-5-3-4-15(11-16)12-25-6-8-28-9-7-25/h3-5,10-11,14H,6-9,12H2,1-2H3,(H,23,27). The van der Waals surface area contributed by atoms with Gasteiger partial charge in [0, 0.05) is 31.0 Å². The Kier molecular flexibility index (Phi) is 6.04. The van der Waals surface area contributed by atoms with Crippen LogP contribution in [0.15, 0.2) is 30.3 Å². The van der Waals surface area contributed by atoms with Crippen LogP contribution in [0.5, 0.6) is 0 Å². The van der Waals surface area contributed by atoms with Gasteiger partial charge in [0.15, 0.2) is 5.69 Å². The van der Waals surface area contributed by atoms with E-state index in [0.29, 0.717) is 18.9 Å². The monoisotopic (exact) mass is 396 g/mol. The molecule has 6 nitrogen and oxygen atoms in total. The molecule has 1 aliphatic rings. The molecule has 9 heteroatoms. The summed E-state index contributed by atoms with van der Waals surface area (Å²) in [6.07, 6.45) is -4.54. The number of halogens is 3. The number of aromatic nitrogens is 2. The molecule has 1 aromatic heterocycles. The number of carbonyl (C=O) groups excluding carboxylic acids is 1. The van der Waals surface area contributed by atoms with Crippen molar-refractivity contribution >= 4 is 11.6 Å². The molecule has 1 unspecified atom stereocenters. The van der Waals surface area contributed by atoms with Gasteiger partial charge in [0.25, 0.3) is 0 Å². The first-order chi connectivity index (χ1) is 13.2. The molecule has 1 fully saturated rings. The summed E-state index contributed by atoms with van der Waals surface area (Å²) in [5.74, 6) is -0.427. The van der Waals surface area contributed by atoms with Gasteiger partial charge in [-0.2, -0.15) is 18.3 Å². The lowest BCUT2D eigenvalue weighted by molar-refractivity contribution is -0.141. The molecule has 0 bridgehead atoms. The molecule has 1 amide bonds. The van der Waals surface area contributed by atoms with Crippen LogP contribution in [-0.2, 0) is 22.3 Å². The van der Waals surface area contributed by atoms with E-state index in [2.05, 4.69) is 15.3 Å². The Morgan fingerprint density at radius 1 is 1.29 bits per heavy atom. The molecule has 1 N–H and O–H groups in total. The minimum absolute atomic E-state index is 0.274. The van der Waals surface area contributed by atoms with Crippen molar-refractivity contribution in [2.45, 2.75) is 32.6 Å². The van der Waals surface area contributed by atoms with Crippen molar-refractivity contribution in [3.05, 3.63) is 47.3 Å². The Labute approximate surface area is 161 Å². The highest BCUT2D eigenvalue weighted by atomic mass is 19.4. The minimum Gasteiger partial charge on any atom is -0.379 e. The Bertz CT molecular complexity index is 829. The third-order valence-electron chi connectivity index (χ3n) is 4.66. The number of nitrogens with zero attached hydrogens (tertiary/aromatic N) is 3. The van der Waals surface area contributed by atoms with E-state index in [9.17, 15) is 18.0 Å². The zero-order chi connectivity index (χ0) is 20.3. The highest BCUT2D eigenvalue weighted by molar-refractivity contribution is 5.93. The topological polar surface area (TPSA) is 59.4 Å². The maximum Gasteiger partial charge on any atom is 0.435 e. The van der Waals surface area contributed by atoms with Crippen molar-refractivity contribution in [3.63, 3.8) is 0 Å². The summed E-state index contributed by atoms with van der Waals surface area (Å²) in [6, 6.07) is 7.51. The predicted molar refractivity (Wildman–Crippen MR) is 97.8 cm³/mol. The Morgan fingerprint density at radius 2 is 2.00 bits per heavy atom. The molecule has 28 heavy (non-hydrogen) atoms. The summed E-state index contributed by atoms with van der Waals surface area (Å²) in [6.45, 7) is 6.88. The van der Waals surface area contributed by atoms with Gasteiger partial charge in [-0.25, -0.2) is 0 Å². The van der Waals surface area contributed by atoms with Crippen molar-refractivity contribution < 1.29 is 22.7 Å². The predicted octanol–water partition coefficient (Wildman–Crippen LogP) is 3.24. The second-order valence-electron chi connectivity index (χ2n) is 6.87. The summed E-state index contributed by atoms with van der Waals surface area (Å²) >= 11 is 0. The van der Waals surface area contributed by atoms with Crippen LogP contribution in [-0.4, -0.2) is 46.9 Å². The Hall–Kier alpha value is -2.39. The summed E-state index contributed by atoms with van der Waals surface area (Å²) in [5, 5.41) is 6.32. The van der Waals surface area contributed by atoms with Gasteiger partial charge in [-0.15, -0.1) is 0 Å². The van der Waals surface area contributed by atoms with Crippen molar-refractivity contribution in [2.24, 2.45) is 0 Å². The van der Waals surface area contributed by atoms with Crippen molar-refractivity contribution in [1.82, 2.24) is 14.7 Å². The molecule has 0 spiro atoms. The van der Waals surface area contributed by atoms with Crippen LogP contribution >= 0.6 is 0 Å². The number of hydrogen-bond donors (Lipinski definition) is 1. The van der Waals surface area contributed by atoms with Crippen molar-refractivity contribution in [2.75, 3.05) is 31.6 Å². The molecule has 0 aliphatic carbocycles. The number of anilines is 1. The molecular formula is C19H23F3N4O2. The Balaban J connectivity index is 1.67. The van der Waals surface area contributed by atoms with Crippen LogP contribution in [0.1, 0.15) is 29.9 Å². The average Bonchev–Trinajstić information content (AvgIpc) is 3.04. The third kappa shape index (κ3) is 4.90. The average molecular weight is 396 g/mol. The van der Waals surface area contributed by atoms with Crippen LogP contribution in [0.4, 0.5) is 18.9 Å². The third-order valence-corrected chi connectivity index (χ3v) is 4.66. The molecule has 0 saturated carbocycles. The largest absolute Gasteiger partial charge is 0.435 e. The first-order valence-electron chi connectivity index (χ1n) is 9.07. The SMILES string of the molecule is Cc1cc(C(F)(F)F)nn1C(C)C(=O)Nc1cccc(CN2CCOCC2)c1. The first-order valence-corrected chi connectivity index (χ1v) is 9.07. The molecule has 2 aromatic rings. The number of benzene rings is 1. The van der Waals surface area contributed by atoms with E-state index < -0.39 is 23.8 Å². The van der Waals surface area contributed by atoms with Crippen molar-refractivity contribution in [1.29, 1.82) is 0 Å². The van der Waals surface area contributed by atoms with Gasteiger partial charge >= 0.3 is 6.18 Å². The number of rotatable bonds is 5. The van der Waals surface area contributed by atoms with Gasteiger partial charge in [-0.1, -0.05) is 12.1 Å². The molecule has 0 radical (unpaired) electrons. The van der Waals surface area contributed by atoms with Gasteiger partial charge < -0.3 is 10.1 Å². The lowest BCUT2D eigenvalue weighted by Gasteiger charge is -2.26. The second kappa shape index (κ2) is 8.32. The number of alkyl halides is 3. The smallest absolute Gasteiger partial charge is 0.379 e. The van der Waals surface area contributed by atoms with Gasteiger partial charge in [-0.3, -0.25) is 14.4 Å². The molecule has 2 heterocycles. The van der Waals surface area contributed by atoms with E-state index in [1.54, 1.807) is 6.07 Å². The number of aryl methyl sites for hydroxylation is 1. The lowest BCUT2D eigenvalue weighted by atomic mass is 10.1. The number of hydrogen-bond acceptors (Lipinski definition) is 4. The summed E-state index contributed by atoms with van der Waals surface area (Å²) in [7, 11) is 0. The second-order valence-corrected chi connectivity index (χ2v) is 6.87. The van der Waals surface area contributed by atoms with E-state index in [4.69, 9.17) is 4.74 Å². The molecule has 1 saturated heterocycles. The highest BCUT2D eigenvalue weighted by Gasteiger charge is 2.35. The molecule has 3 rings (SSSR count). The van der Waals surface area contributed by atoms with Gasteiger partial charge in [0.1, 0.15) is 6.04 Å². The molecular weight excluding hydrogens is 373 g/mol. The van der Waals surface area contributed by atoms with Gasteiger partial charge in [0.05, 0.1) is 13.2 Å². The van der Waals surface area contributed by atoms with Crippen LogP contribution in [0.3, 0.4) is 0 Å². The van der Waals surface area contributed by atoms with E-state index in [1.165, 1.54) is 13.8 Å². The van der Waals surface area contributed by atoms with E-state index in [1.807, 2.05) is 18.2 Å². The van der Waals surface area contributed by atoms with Crippen molar-refractivity contribution in [3.8, 4) is 0 Å². The highest BCUT2D eigenvalue weighted by Crippen LogP contribution is 2.29. The number of ether oxygens (including phenoxy) is 1. The summed E-state index contributed by atoms with van der Waals surface area (Å²) in [5.41, 5.74) is 0.915. The van der Waals surface area contributed by atoms with Crippen LogP contribution in [0.2, 0.25) is 0 Å². The van der Waals surface area contributed by atoms with Gasteiger partial charge in [0.2, 0.25) is 5.91 Å². The zero-order valence-corrected chi connectivity index (χ0v) is 15.8. The van der Waals surface area contributed by atoms with E-state index >= 15 is 0 Å². The summed E-state index contributed by atoms with van der Waals surface area (Å²) in [4.78, 5) is 14.8. The van der Waals surface area contributed by atoms with Crippen LogP contribution in [0, 0.1) is 6.92 Å².